The molecule has 0 nitrogen and oxygen atoms in total. The van der Waals surface area contributed by atoms with Crippen LogP contribution in [0.25, 0.3) is 0 Å². The highest BCUT2D eigenvalue weighted by molar-refractivity contribution is 9.11. The van der Waals surface area contributed by atoms with E-state index in [1.807, 2.05) is 18.2 Å². The molecule has 3 heteroatoms. The normalized spacial score (nSPS) is 12.5. The molecule has 0 fully saturated rings. The molecule has 0 aliphatic heterocycles. The Morgan fingerprint density at radius 1 is 1.20 bits per heavy atom. The van der Waals surface area contributed by atoms with Gasteiger partial charge in [-0.2, -0.15) is 4.39 Å². The number of halogens is 3. The van der Waals surface area contributed by atoms with Gasteiger partial charge in [0.25, 0.3) is 0 Å². The molecule has 0 amide bonds. The first-order valence-electron chi connectivity index (χ1n) is 4.87. The minimum Gasteiger partial charge on any atom is -0.199 e. The summed E-state index contributed by atoms with van der Waals surface area (Å²) in [5.41, 5.74) is 2.10. The summed E-state index contributed by atoms with van der Waals surface area (Å²) in [5.74, 6) is 0. The molecule has 0 bridgehead atoms. The third-order valence-electron chi connectivity index (χ3n) is 2.22. The van der Waals surface area contributed by atoms with E-state index in [0.717, 1.165) is 24.8 Å². The maximum atomic E-state index is 12.9. The Hall–Kier alpha value is -0.150. The van der Waals surface area contributed by atoms with Crippen molar-refractivity contribution in [1.82, 2.24) is 0 Å². The number of hydrogen-bond donors (Lipinski definition) is 0. The monoisotopic (exact) mass is 334 g/mol. The zero-order valence-corrected chi connectivity index (χ0v) is 11.5. The second-order valence-corrected chi connectivity index (χ2v) is 4.59. The first kappa shape index (κ1) is 12.9. The fourth-order valence-corrected chi connectivity index (χ4v) is 2.60. The van der Waals surface area contributed by atoms with Crippen LogP contribution in [-0.4, -0.2) is 5.33 Å². The molecule has 0 saturated carbocycles. The summed E-state index contributed by atoms with van der Waals surface area (Å²) in [7, 11) is 0. The quantitative estimate of drug-likeness (QED) is 0.666. The van der Waals surface area contributed by atoms with Gasteiger partial charge in [0, 0.05) is 5.33 Å². The van der Waals surface area contributed by atoms with Crippen LogP contribution in [0, 0.1) is 0 Å². The van der Waals surface area contributed by atoms with Crippen LogP contribution in [0.1, 0.15) is 18.4 Å². The number of allylic oxidation sites excluding steroid dienone is 1. The molecule has 82 valence electrons. The lowest BCUT2D eigenvalue weighted by molar-refractivity contribution is 0.676. The van der Waals surface area contributed by atoms with Crippen molar-refractivity contribution < 1.29 is 4.39 Å². The topological polar surface area (TPSA) is 0 Å². The van der Waals surface area contributed by atoms with E-state index < -0.39 is 0 Å². The van der Waals surface area contributed by atoms with Gasteiger partial charge < -0.3 is 0 Å². The Morgan fingerprint density at radius 2 is 1.87 bits per heavy atom. The number of aryl methyl sites for hydroxylation is 1. The fourth-order valence-electron chi connectivity index (χ4n) is 1.36. The Kier molecular flexibility index (Phi) is 6.18. The van der Waals surface area contributed by atoms with Gasteiger partial charge in [0.2, 0.25) is 0 Å². The lowest BCUT2D eigenvalue weighted by Gasteiger charge is -2.03. The molecule has 0 N–H and O–H groups in total. The molecule has 0 aliphatic carbocycles. The van der Waals surface area contributed by atoms with Crippen molar-refractivity contribution >= 4 is 31.9 Å². The number of benzene rings is 1. The van der Waals surface area contributed by atoms with Gasteiger partial charge in [-0.25, -0.2) is 0 Å². The lowest BCUT2D eigenvalue weighted by atomic mass is 10.1. The molecular formula is C12H13Br2F. The Balaban J connectivity index is 2.37. The van der Waals surface area contributed by atoms with Gasteiger partial charge in [-0.05, 0) is 46.3 Å². The van der Waals surface area contributed by atoms with Gasteiger partial charge in [0.1, 0.15) is 0 Å². The SMILES string of the molecule is FC(Br)=C(CBr)CCCc1ccccc1. The molecule has 1 aromatic carbocycles. The average Bonchev–Trinajstić information content (AvgIpc) is 2.25. The molecule has 1 rings (SSSR count). The van der Waals surface area contributed by atoms with Crippen molar-refractivity contribution in [3.63, 3.8) is 0 Å². The maximum absolute atomic E-state index is 12.9. The molecule has 15 heavy (non-hydrogen) atoms. The van der Waals surface area contributed by atoms with Crippen molar-refractivity contribution in [2.45, 2.75) is 19.3 Å². The first-order chi connectivity index (χ1) is 7.24. The van der Waals surface area contributed by atoms with Crippen molar-refractivity contribution in [1.29, 1.82) is 0 Å². The predicted octanol–water partition coefficient (Wildman–Crippen LogP) is 4.98. The van der Waals surface area contributed by atoms with E-state index in [1.54, 1.807) is 0 Å². The van der Waals surface area contributed by atoms with Crippen LogP contribution >= 0.6 is 31.9 Å². The molecule has 0 aliphatic rings. The van der Waals surface area contributed by atoms with E-state index >= 15 is 0 Å². The van der Waals surface area contributed by atoms with Crippen LogP contribution < -0.4 is 0 Å². The summed E-state index contributed by atoms with van der Waals surface area (Å²) >= 11 is 6.15. The molecule has 0 heterocycles. The average molecular weight is 336 g/mol. The van der Waals surface area contributed by atoms with Crippen molar-refractivity contribution in [2.24, 2.45) is 0 Å². The summed E-state index contributed by atoms with van der Waals surface area (Å²) in [6, 6.07) is 10.3. The van der Waals surface area contributed by atoms with Crippen LogP contribution in [0.2, 0.25) is 0 Å². The maximum Gasteiger partial charge on any atom is 0.165 e. The van der Waals surface area contributed by atoms with E-state index in [0.29, 0.717) is 5.33 Å². The summed E-state index contributed by atoms with van der Waals surface area (Å²) in [5, 5.41) is 0.596. The lowest BCUT2D eigenvalue weighted by Crippen LogP contribution is -1.90. The second kappa shape index (κ2) is 7.18. The molecular weight excluding hydrogens is 323 g/mol. The first-order valence-corrected chi connectivity index (χ1v) is 6.78. The third-order valence-corrected chi connectivity index (χ3v) is 3.45. The number of hydrogen-bond acceptors (Lipinski definition) is 0. The van der Waals surface area contributed by atoms with Crippen LogP contribution in [0.3, 0.4) is 0 Å². The minimum atomic E-state index is -0.229. The van der Waals surface area contributed by atoms with E-state index in [1.165, 1.54) is 5.56 Å². The number of alkyl halides is 1. The third kappa shape index (κ3) is 4.94. The van der Waals surface area contributed by atoms with Gasteiger partial charge in [-0.3, -0.25) is 0 Å². The van der Waals surface area contributed by atoms with Crippen molar-refractivity contribution in [3.8, 4) is 0 Å². The highest BCUT2D eigenvalue weighted by Crippen LogP contribution is 2.20. The van der Waals surface area contributed by atoms with E-state index in [9.17, 15) is 4.39 Å². The Labute approximate surface area is 107 Å². The minimum absolute atomic E-state index is 0.229. The van der Waals surface area contributed by atoms with E-state index in [2.05, 4.69) is 44.0 Å². The largest absolute Gasteiger partial charge is 0.199 e. The van der Waals surface area contributed by atoms with E-state index in [4.69, 9.17) is 0 Å². The zero-order chi connectivity index (χ0) is 11.1. The highest BCUT2D eigenvalue weighted by atomic mass is 79.9. The summed E-state index contributed by atoms with van der Waals surface area (Å²) in [4.78, 5) is 0. The summed E-state index contributed by atoms with van der Waals surface area (Å²) in [6.07, 6.45) is 2.76. The van der Waals surface area contributed by atoms with Crippen molar-refractivity contribution in [2.75, 3.05) is 5.33 Å². The van der Waals surface area contributed by atoms with Crippen LogP contribution in [0.4, 0.5) is 4.39 Å². The van der Waals surface area contributed by atoms with Gasteiger partial charge >= 0.3 is 0 Å². The fraction of sp³-hybridized carbons (Fsp3) is 0.333. The molecule has 0 aromatic heterocycles. The molecule has 0 spiro atoms. The van der Waals surface area contributed by atoms with Gasteiger partial charge in [0.15, 0.2) is 4.74 Å². The standard InChI is InChI=1S/C12H13Br2F/c13-9-11(12(14)15)8-4-7-10-5-2-1-3-6-10/h1-3,5-6H,4,7-9H2. The highest BCUT2D eigenvalue weighted by Gasteiger charge is 2.02. The molecule has 0 unspecified atom stereocenters. The molecule has 1 aromatic rings. The van der Waals surface area contributed by atoms with Crippen LogP contribution in [0.15, 0.2) is 40.6 Å². The summed E-state index contributed by atoms with van der Waals surface area (Å²) < 4.78 is 12.6. The smallest absolute Gasteiger partial charge is 0.165 e. The zero-order valence-electron chi connectivity index (χ0n) is 8.35. The second-order valence-electron chi connectivity index (χ2n) is 3.34. The number of rotatable bonds is 5. The molecule has 0 atom stereocenters. The van der Waals surface area contributed by atoms with Gasteiger partial charge in [0.05, 0.1) is 0 Å². The van der Waals surface area contributed by atoms with E-state index in [-0.39, 0.29) is 4.74 Å². The Morgan fingerprint density at radius 3 is 2.40 bits per heavy atom. The van der Waals surface area contributed by atoms with Gasteiger partial charge in [-0.15, -0.1) is 0 Å². The van der Waals surface area contributed by atoms with Crippen LogP contribution in [0.5, 0.6) is 0 Å². The van der Waals surface area contributed by atoms with Crippen LogP contribution in [-0.2, 0) is 6.42 Å². The Bertz CT molecular complexity index is 316. The van der Waals surface area contributed by atoms with Gasteiger partial charge in [-0.1, -0.05) is 46.3 Å². The summed E-state index contributed by atoms with van der Waals surface area (Å²) in [6.45, 7) is 0. The molecule has 0 saturated heterocycles. The van der Waals surface area contributed by atoms with Crippen molar-refractivity contribution in [3.05, 3.63) is 46.2 Å². The molecule has 0 radical (unpaired) electrons. The predicted molar refractivity (Wildman–Crippen MR) is 70.2 cm³/mol.